The molecule has 0 aliphatic heterocycles. The van der Waals surface area contributed by atoms with Crippen LogP contribution in [0.4, 0.5) is 0 Å². The Hall–Kier alpha value is -6.64. The highest BCUT2D eigenvalue weighted by Crippen LogP contribution is 2.40. The van der Waals surface area contributed by atoms with Crippen molar-refractivity contribution in [3.63, 3.8) is 0 Å². The van der Waals surface area contributed by atoms with Gasteiger partial charge in [-0.3, -0.25) is 0 Å². The first-order chi connectivity index (χ1) is 25.8. The molecule has 0 bridgehead atoms. The number of nitrogens with zero attached hydrogens (tertiary/aromatic N) is 2. The van der Waals surface area contributed by atoms with Crippen LogP contribution in [0.1, 0.15) is 22.6 Å². The Balaban J connectivity index is 1.09. The average molecular weight is 665 g/mol. The van der Waals surface area contributed by atoms with Crippen LogP contribution in [-0.4, -0.2) is 9.13 Å². The monoisotopic (exact) mass is 664 g/mol. The first-order valence-electron chi connectivity index (χ1n) is 18.1. The number of benzene rings is 8. The van der Waals surface area contributed by atoms with Gasteiger partial charge in [-0.2, -0.15) is 0 Å². The maximum atomic E-state index is 2.45. The van der Waals surface area contributed by atoms with Crippen LogP contribution in [0, 0.1) is 0 Å². The Morgan fingerprint density at radius 2 is 0.788 bits per heavy atom. The van der Waals surface area contributed by atoms with Crippen molar-refractivity contribution in [3.05, 3.63) is 217 Å². The second-order valence-electron chi connectivity index (χ2n) is 13.7. The van der Waals surface area contributed by atoms with E-state index in [1.165, 1.54) is 77.1 Å². The Kier molecular flexibility index (Phi) is 7.32. The SMILES string of the molecule is c1ccc(-c2ccc(CC(c3ccccc3)c3ccc(-n4c5ccccc5c5cc6c7ccccc7n(-c7ccccc7)c6cc54)cc3)cc2)cc1. The second-order valence-corrected chi connectivity index (χ2v) is 13.7. The lowest BCUT2D eigenvalue weighted by Crippen LogP contribution is -2.06. The maximum absolute atomic E-state index is 2.45. The molecule has 0 aliphatic rings. The third-order valence-electron chi connectivity index (χ3n) is 10.7. The zero-order chi connectivity index (χ0) is 34.4. The summed E-state index contributed by atoms with van der Waals surface area (Å²) in [6.07, 6.45) is 0.926. The normalized spacial score (nSPS) is 12.2. The number of rotatable bonds is 7. The first kappa shape index (κ1) is 30.2. The number of para-hydroxylation sites is 3. The lowest BCUT2D eigenvalue weighted by atomic mass is 9.85. The van der Waals surface area contributed by atoms with Gasteiger partial charge in [0.25, 0.3) is 0 Å². The summed E-state index contributed by atoms with van der Waals surface area (Å²) in [4.78, 5) is 0. The van der Waals surface area contributed by atoms with E-state index in [0.29, 0.717) is 0 Å². The predicted molar refractivity (Wildman–Crippen MR) is 219 cm³/mol. The fraction of sp³-hybridized carbons (Fsp3) is 0.0400. The van der Waals surface area contributed by atoms with Crippen molar-refractivity contribution in [2.75, 3.05) is 0 Å². The minimum Gasteiger partial charge on any atom is -0.309 e. The largest absolute Gasteiger partial charge is 0.309 e. The van der Waals surface area contributed by atoms with Crippen LogP contribution in [0.3, 0.4) is 0 Å². The quantitative estimate of drug-likeness (QED) is 0.160. The van der Waals surface area contributed by atoms with Gasteiger partial charge in [-0.05, 0) is 82.8 Å². The van der Waals surface area contributed by atoms with Crippen molar-refractivity contribution < 1.29 is 0 Å². The van der Waals surface area contributed by atoms with Gasteiger partial charge in [0.1, 0.15) is 0 Å². The summed E-state index contributed by atoms with van der Waals surface area (Å²) in [6.45, 7) is 0. The van der Waals surface area contributed by atoms with Gasteiger partial charge in [0.2, 0.25) is 0 Å². The molecule has 0 N–H and O–H groups in total. The van der Waals surface area contributed by atoms with Gasteiger partial charge < -0.3 is 9.13 Å². The number of aromatic nitrogens is 2. The Labute approximate surface area is 303 Å². The topological polar surface area (TPSA) is 9.86 Å². The molecule has 0 fully saturated rings. The molecule has 0 saturated heterocycles. The molecule has 52 heavy (non-hydrogen) atoms. The van der Waals surface area contributed by atoms with Crippen molar-refractivity contribution >= 4 is 43.6 Å². The zero-order valence-electron chi connectivity index (χ0n) is 28.7. The summed E-state index contributed by atoms with van der Waals surface area (Å²) in [5.41, 5.74) is 13.7. The van der Waals surface area contributed by atoms with Gasteiger partial charge in [-0.15, -0.1) is 0 Å². The van der Waals surface area contributed by atoms with Crippen LogP contribution in [0.25, 0.3) is 66.1 Å². The van der Waals surface area contributed by atoms with E-state index in [0.717, 1.165) is 12.1 Å². The van der Waals surface area contributed by atoms with E-state index in [2.05, 4.69) is 209 Å². The molecule has 0 radical (unpaired) electrons. The summed E-state index contributed by atoms with van der Waals surface area (Å²) in [5, 5.41) is 5.07. The molecule has 10 rings (SSSR count). The smallest absolute Gasteiger partial charge is 0.0562 e. The molecular weight excluding hydrogens is 629 g/mol. The highest BCUT2D eigenvalue weighted by molar-refractivity contribution is 6.19. The van der Waals surface area contributed by atoms with Crippen LogP contribution >= 0.6 is 0 Å². The Morgan fingerprint density at radius 1 is 0.327 bits per heavy atom. The molecule has 0 aliphatic carbocycles. The summed E-state index contributed by atoms with van der Waals surface area (Å²) < 4.78 is 4.85. The second kappa shape index (κ2) is 12.6. The number of fused-ring (bicyclic) bond motifs is 6. The molecule has 246 valence electrons. The molecule has 2 nitrogen and oxygen atoms in total. The van der Waals surface area contributed by atoms with Crippen molar-refractivity contribution in [2.45, 2.75) is 12.3 Å². The van der Waals surface area contributed by atoms with Gasteiger partial charge in [0, 0.05) is 38.8 Å². The molecular formula is C50H36N2. The molecule has 0 spiro atoms. The lowest BCUT2D eigenvalue weighted by Gasteiger charge is -2.19. The Morgan fingerprint density at radius 3 is 1.38 bits per heavy atom. The molecule has 2 heterocycles. The van der Waals surface area contributed by atoms with E-state index in [4.69, 9.17) is 0 Å². The molecule has 8 aromatic carbocycles. The molecule has 10 aromatic rings. The molecule has 0 saturated carbocycles. The predicted octanol–water partition coefficient (Wildman–Crippen LogP) is 12.9. The fourth-order valence-electron chi connectivity index (χ4n) is 8.23. The van der Waals surface area contributed by atoms with Crippen LogP contribution in [0.2, 0.25) is 0 Å². The first-order valence-corrected chi connectivity index (χ1v) is 18.1. The third-order valence-corrected chi connectivity index (χ3v) is 10.7. The van der Waals surface area contributed by atoms with Crippen molar-refractivity contribution in [3.8, 4) is 22.5 Å². The van der Waals surface area contributed by atoms with Gasteiger partial charge in [0.05, 0.1) is 22.1 Å². The third kappa shape index (κ3) is 5.11. The highest BCUT2D eigenvalue weighted by atomic mass is 15.0. The zero-order valence-corrected chi connectivity index (χ0v) is 28.7. The van der Waals surface area contributed by atoms with E-state index in [-0.39, 0.29) is 5.92 Å². The van der Waals surface area contributed by atoms with E-state index in [9.17, 15) is 0 Å². The maximum Gasteiger partial charge on any atom is 0.0562 e. The van der Waals surface area contributed by atoms with E-state index in [1.54, 1.807) is 0 Å². The van der Waals surface area contributed by atoms with E-state index < -0.39 is 0 Å². The van der Waals surface area contributed by atoms with Crippen molar-refractivity contribution in [1.82, 2.24) is 9.13 Å². The molecule has 1 atom stereocenters. The Bertz CT molecular complexity index is 2830. The van der Waals surface area contributed by atoms with Gasteiger partial charge in [-0.25, -0.2) is 0 Å². The van der Waals surface area contributed by atoms with E-state index >= 15 is 0 Å². The number of hydrogen-bond acceptors (Lipinski definition) is 0. The minimum atomic E-state index is 0.233. The number of hydrogen-bond donors (Lipinski definition) is 0. The minimum absolute atomic E-state index is 0.233. The van der Waals surface area contributed by atoms with E-state index in [1.807, 2.05) is 0 Å². The van der Waals surface area contributed by atoms with Gasteiger partial charge >= 0.3 is 0 Å². The molecule has 1 unspecified atom stereocenters. The van der Waals surface area contributed by atoms with Crippen molar-refractivity contribution in [2.24, 2.45) is 0 Å². The molecule has 2 aromatic heterocycles. The van der Waals surface area contributed by atoms with Crippen LogP contribution in [0.15, 0.2) is 200 Å². The molecule has 2 heteroatoms. The van der Waals surface area contributed by atoms with Gasteiger partial charge in [-0.1, -0.05) is 152 Å². The highest BCUT2D eigenvalue weighted by Gasteiger charge is 2.20. The fourth-order valence-corrected chi connectivity index (χ4v) is 8.23. The van der Waals surface area contributed by atoms with Gasteiger partial charge in [0.15, 0.2) is 0 Å². The summed E-state index contributed by atoms with van der Waals surface area (Å²) in [5.74, 6) is 0.233. The van der Waals surface area contributed by atoms with Crippen LogP contribution < -0.4 is 0 Å². The van der Waals surface area contributed by atoms with Crippen LogP contribution in [-0.2, 0) is 6.42 Å². The summed E-state index contributed by atoms with van der Waals surface area (Å²) in [6, 6.07) is 73.1. The average Bonchev–Trinajstić information content (AvgIpc) is 3.72. The summed E-state index contributed by atoms with van der Waals surface area (Å²) in [7, 11) is 0. The molecule has 0 amide bonds. The summed E-state index contributed by atoms with van der Waals surface area (Å²) >= 11 is 0. The van der Waals surface area contributed by atoms with Crippen LogP contribution in [0.5, 0.6) is 0 Å². The lowest BCUT2D eigenvalue weighted by molar-refractivity contribution is 0.805. The standard InChI is InChI=1S/C50H36N2/c1-4-14-36(15-5-1)37-26-24-35(25-27-37)32-44(38-16-6-2-7-17-38)39-28-30-41(31-29-39)52-48-23-13-11-21-43(48)46-33-45-42-20-10-12-22-47(42)51(49(45)34-50(46)52)40-18-8-3-9-19-40/h1-31,33-34,44H,32H2. The van der Waals surface area contributed by atoms with Crippen molar-refractivity contribution in [1.29, 1.82) is 0 Å².